The second kappa shape index (κ2) is 13.4. The van der Waals surface area contributed by atoms with Crippen molar-refractivity contribution in [2.75, 3.05) is 24.6 Å². The van der Waals surface area contributed by atoms with E-state index in [1.54, 1.807) is 6.16 Å². The van der Waals surface area contributed by atoms with E-state index in [0.29, 0.717) is 0 Å². The first-order valence-electron chi connectivity index (χ1n) is 6.49. The zero-order chi connectivity index (χ0) is 13.6. The standard InChI is InChI=1S/C11H26P.C2N3/c1-5-9-10-11-12(6-2,7-3)8-4;3-1-5-2-4/h5-11H2,1-4H3;/q+1;-1. The molecule has 0 fully saturated rings. The van der Waals surface area contributed by atoms with Gasteiger partial charge < -0.3 is 10.4 Å². The SMILES string of the molecule is CCCCC[P+](CC)(CC)CC.N#CN=C=[N-]. The van der Waals surface area contributed by atoms with Gasteiger partial charge in [0.15, 0.2) is 0 Å². The molecule has 0 atom stereocenters. The van der Waals surface area contributed by atoms with Gasteiger partial charge in [0.05, 0.1) is 30.8 Å². The molecule has 0 bridgehead atoms. The molecule has 98 valence electrons. The highest BCUT2D eigenvalue weighted by atomic mass is 31.2. The van der Waals surface area contributed by atoms with Crippen LogP contribution in [-0.4, -0.2) is 30.7 Å². The van der Waals surface area contributed by atoms with Crippen molar-refractivity contribution in [3.63, 3.8) is 0 Å². The molecular weight excluding hydrogens is 229 g/mol. The Morgan fingerprint density at radius 2 is 1.59 bits per heavy atom. The number of rotatable bonds is 7. The Labute approximate surface area is 107 Å². The monoisotopic (exact) mass is 255 g/mol. The summed E-state index contributed by atoms with van der Waals surface area (Å²) in [4.78, 5) is 2.58. The van der Waals surface area contributed by atoms with Gasteiger partial charge in [-0.3, -0.25) is 0 Å². The van der Waals surface area contributed by atoms with Crippen LogP contribution in [0.1, 0.15) is 47.0 Å². The van der Waals surface area contributed by atoms with E-state index in [-0.39, 0.29) is 0 Å². The summed E-state index contributed by atoms with van der Waals surface area (Å²) in [5.41, 5.74) is 0. The average molecular weight is 255 g/mol. The van der Waals surface area contributed by atoms with Crippen LogP contribution in [0.3, 0.4) is 0 Å². The van der Waals surface area contributed by atoms with E-state index in [9.17, 15) is 0 Å². The molecule has 0 spiro atoms. The van der Waals surface area contributed by atoms with E-state index in [2.05, 4.69) is 32.7 Å². The van der Waals surface area contributed by atoms with E-state index in [4.69, 9.17) is 10.7 Å². The molecule has 0 heterocycles. The molecule has 17 heavy (non-hydrogen) atoms. The third kappa shape index (κ3) is 10.2. The van der Waals surface area contributed by atoms with Crippen LogP contribution < -0.4 is 0 Å². The number of hydrogen-bond donors (Lipinski definition) is 0. The van der Waals surface area contributed by atoms with Crippen molar-refractivity contribution in [3.8, 4) is 6.19 Å². The molecule has 0 saturated heterocycles. The van der Waals surface area contributed by atoms with Crippen LogP contribution in [0, 0.1) is 11.5 Å². The Kier molecular flexibility index (Phi) is 14.7. The fraction of sp³-hybridized carbons (Fsp3) is 0.846. The fourth-order valence-electron chi connectivity index (χ4n) is 1.86. The van der Waals surface area contributed by atoms with Gasteiger partial charge in [0.2, 0.25) is 0 Å². The Morgan fingerprint density at radius 1 is 1.06 bits per heavy atom. The third-order valence-corrected chi connectivity index (χ3v) is 8.64. The van der Waals surface area contributed by atoms with Gasteiger partial charge in [0.1, 0.15) is 0 Å². The molecule has 4 heteroatoms. The second-order valence-electron chi connectivity index (χ2n) is 4.03. The van der Waals surface area contributed by atoms with E-state index in [0.717, 1.165) is 0 Å². The molecule has 0 aromatic carbocycles. The van der Waals surface area contributed by atoms with Crippen LogP contribution in [0.4, 0.5) is 0 Å². The molecular formula is C13H26N3P. The maximum absolute atomic E-state index is 7.43. The van der Waals surface area contributed by atoms with Gasteiger partial charge in [-0.25, -0.2) is 0 Å². The molecule has 0 aliphatic heterocycles. The average Bonchev–Trinajstić information content (AvgIpc) is 2.37. The number of hydrogen-bond acceptors (Lipinski definition) is 2. The van der Waals surface area contributed by atoms with E-state index >= 15 is 0 Å². The van der Waals surface area contributed by atoms with Crippen molar-refractivity contribution >= 4 is 13.3 Å². The molecule has 0 N–H and O–H groups in total. The van der Waals surface area contributed by atoms with E-state index in [1.165, 1.54) is 49.9 Å². The van der Waals surface area contributed by atoms with Crippen molar-refractivity contribution in [2.24, 2.45) is 4.99 Å². The van der Waals surface area contributed by atoms with Crippen LogP contribution in [0.2, 0.25) is 0 Å². The Bertz CT molecular complexity index is 240. The number of aliphatic imine (C=N–C) groups is 1. The number of nitriles is 1. The molecule has 0 aliphatic carbocycles. The lowest BCUT2D eigenvalue weighted by atomic mass is 10.3. The highest BCUT2D eigenvalue weighted by Crippen LogP contribution is 2.58. The maximum atomic E-state index is 7.43. The summed E-state index contributed by atoms with van der Waals surface area (Å²) in [7, 11) is -0.469. The molecule has 0 saturated carbocycles. The number of unbranched alkanes of at least 4 members (excludes halogenated alkanes) is 2. The topological polar surface area (TPSA) is 58.5 Å². The minimum atomic E-state index is -0.469. The van der Waals surface area contributed by atoms with Crippen molar-refractivity contribution in [3.05, 3.63) is 5.41 Å². The largest absolute Gasteiger partial charge is 0.422 e. The lowest BCUT2D eigenvalue weighted by Gasteiger charge is -2.23. The normalized spacial score (nSPS) is 9.59. The smallest absolute Gasteiger partial charge is 0.0925 e. The molecule has 0 aromatic rings. The van der Waals surface area contributed by atoms with Crippen molar-refractivity contribution < 1.29 is 0 Å². The Morgan fingerprint density at radius 3 is 1.82 bits per heavy atom. The Balaban J connectivity index is 0. The fourth-order valence-corrected chi connectivity index (χ4v) is 5.05. The van der Waals surface area contributed by atoms with E-state index in [1.807, 2.05) is 0 Å². The highest BCUT2D eigenvalue weighted by Gasteiger charge is 2.29. The van der Waals surface area contributed by atoms with E-state index < -0.39 is 7.26 Å². The van der Waals surface area contributed by atoms with Gasteiger partial charge in [-0.15, -0.1) is 6.01 Å². The molecule has 0 aromatic heterocycles. The zero-order valence-corrected chi connectivity index (χ0v) is 12.6. The van der Waals surface area contributed by atoms with Gasteiger partial charge >= 0.3 is 0 Å². The summed E-state index contributed by atoms with van der Waals surface area (Å²) in [6.07, 6.45) is 11.6. The van der Waals surface area contributed by atoms with Gasteiger partial charge in [-0.2, -0.15) is 5.26 Å². The van der Waals surface area contributed by atoms with Crippen LogP contribution >= 0.6 is 7.26 Å². The molecule has 3 nitrogen and oxygen atoms in total. The summed E-state index contributed by atoms with van der Waals surface area (Å²) in [6.45, 7) is 9.48. The van der Waals surface area contributed by atoms with Gasteiger partial charge in [-0.1, -0.05) is 19.8 Å². The maximum Gasteiger partial charge on any atom is 0.0925 e. The third-order valence-electron chi connectivity index (χ3n) is 3.35. The zero-order valence-electron chi connectivity index (χ0n) is 11.7. The van der Waals surface area contributed by atoms with Crippen molar-refractivity contribution in [1.29, 1.82) is 5.26 Å². The lowest BCUT2D eigenvalue weighted by molar-refractivity contribution is 0.772. The van der Waals surface area contributed by atoms with Gasteiger partial charge in [0.25, 0.3) is 0 Å². The summed E-state index contributed by atoms with van der Waals surface area (Å²) in [5, 5.41) is 14.9. The second-order valence-corrected chi connectivity index (χ2v) is 9.06. The first kappa shape index (κ1) is 18.7. The summed E-state index contributed by atoms with van der Waals surface area (Å²) in [6, 6.07) is 1.28. The van der Waals surface area contributed by atoms with Crippen LogP contribution in [0.25, 0.3) is 5.41 Å². The minimum Gasteiger partial charge on any atom is -0.422 e. The molecule has 0 unspecified atom stereocenters. The van der Waals surface area contributed by atoms with Gasteiger partial charge in [-0.05, 0) is 27.2 Å². The first-order valence-corrected chi connectivity index (χ1v) is 9.02. The quantitative estimate of drug-likeness (QED) is 0.286. The predicted octanol–water partition coefficient (Wildman–Crippen LogP) is 4.46. The number of nitrogens with zero attached hydrogens (tertiary/aromatic N) is 3. The molecule has 0 rings (SSSR count). The molecule has 0 aliphatic rings. The first-order chi connectivity index (χ1) is 8.16. The minimum absolute atomic E-state index is 0.469. The van der Waals surface area contributed by atoms with Crippen molar-refractivity contribution in [2.45, 2.75) is 47.0 Å². The van der Waals surface area contributed by atoms with Gasteiger partial charge in [0, 0.05) is 7.26 Å². The van der Waals surface area contributed by atoms with Crippen molar-refractivity contribution in [1.82, 2.24) is 0 Å². The summed E-state index contributed by atoms with van der Waals surface area (Å²) in [5.74, 6) is 0. The Hall–Kier alpha value is -0.700. The summed E-state index contributed by atoms with van der Waals surface area (Å²) >= 11 is 0. The highest BCUT2D eigenvalue weighted by molar-refractivity contribution is 7.75. The molecule has 0 amide bonds. The van der Waals surface area contributed by atoms with Crippen LogP contribution in [-0.2, 0) is 0 Å². The molecule has 0 radical (unpaired) electrons. The summed E-state index contributed by atoms with van der Waals surface area (Å²) < 4.78 is 0. The predicted molar refractivity (Wildman–Crippen MR) is 79.3 cm³/mol. The van der Waals surface area contributed by atoms with Crippen LogP contribution in [0.15, 0.2) is 4.99 Å². The van der Waals surface area contributed by atoms with Crippen LogP contribution in [0.5, 0.6) is 0 Å². The lowest BCUT2D eigenvalue weighted by Crippen LogP contribution is -2.07.